The van der Waals surface area contributed by atoms with Crippen molar-refractivity contribution < 1.29 is 9.59 Å². The third-order valence-corrected chi connectivity index (χ3v) is 2.79. The predicted octanol–water partition coefficient (Wildman–Crippen LogP) is 0.275. The first-order valence-electron chi connectivity index (χ1n) is 5.05. The molecule has 0 aromatic heterocycles. The van der Waals surface area contributed by atoms with Gasteiger partial charge in [-0.25, -0.2) is 5.84 Å². The number of hydrogen-bond acceptors (Lipinski definition) is 3. The second-order valence-corrected chi connectivity index (χ2v) is 3.87. The Hall–Kier alpha value is -1.88. The van der Waals surface area contributed by atoms with Crippen molar-refractivity contribution in [1.82, 2.24) is 5.43 Å². The fourth-order valence-electron chi connectivity index (χ4n) is 1.79. The minimum Gasteiger partial charge on any atom is -0.326 e. The molecule has 5 nitrogen and oxygen atoms in total. The van der Waals surface area contributed by atoms with Crippen LogP contribution in [0.15, 0.2) is 18.2 Å². The average Bonchev–Trinajstić information content (AvgIpc) is 2.65. The van der Waals surface area contributed by atoms with Crippen molar-refractivity contribution in [2.75, 3.05) is 5.32 Å². The zero-order chi connectivity index (χ0) is 11.7. The minimum atomic E-state index is -0.314. The third-order valence-electron chi connectivity index (χ3n) is 2.79. The number of nitrogens with one attached hydrogen (secondary N) is 2. The molecule has 1 atom stereocenters. The van der Waals surface area contributed by atoms with E-state index in [2.05, 4.69) is 10.7 Å². The Morgan fingerprint density at radius 2 is 2.31 bits per heavy atom. The molecule has 1 heterocycles. The first kappa shape index (κ1) is 10.6. The van der Waals surface area contributed by atoms with Gasteiger partial charge in [0.05, 0.1) is 12.3 Å². The van der Waals surface area contributed by atoms with E-state index >= 15 is 0 Å². The second kappa shape index (κ2) is 3.94. The lowest BCUT2D eigenvalue weighted by Gasteiger charge is -2.11. The summed E-state index contributed by atoms with van der Waals surface area (Å²) in [5, 5.41) is 2.74. The molecule has 4 N–H and O–H groups in total. The maximum Gasteiger partial charge on any atom is 0.241 e. The van der Waals surface area contributed by atoms with Crippen molar-refractivity contribution in [3.63, 3.8) is 0 Å². The van der Waals surface area contributed by atoms with Crippen LogP contribution in [0.5, 0.6) is 0 Å². The topological polar surface area (TPSA) is 84.2 Å². The maximum atomic E-state index is 11.4. The fourth-order valence-corrected chi connectivity index (χ4v) is 1.79. The highest BCUT2D eigenvalue weighted by atomic mass is 16.2. The van der Waals surface area contributed by atoms with Gasteiger partial charge in [-0.05, 0) is 24.1 Å². The zero-order valence-corrected chi connectivity index (χ0v) is 8.91. The number of benzene rings is 1. The number of hydrogen-bond donors (Lipinski definition) is 3. The normalized spacial score (nSPS) is 15.2. The molecule has 1 aliphatic heterocycles. The lowest BCUT2D eigenvalue weighted by molar-refractivity contribution is -0.122. The molecule has 0 bridgehead atoms. The molecule has 0 spiro atoms. The van der Waals surface area contributed by atoms with Gasteiger partial charge in [-0.2, -0.15) is 0 Å². The molecule has 5 heteroatoms. The Balaban J connectivity index is 2.29. The molecule has 0 aliphatic carbocycles. The first-order chi connectivity index (χ1) is 7.61. The Morgan fingerprint density at radius 3 is 3.00 bits per heavy atom. The summed E-state index contributed by atoms with van der Waals surface area (Å²) in [6.45, 7) is 1.77. The summed E-state index contributed by atoms with van der Waals surface area (Å²) in [6, 6.07) is 5.51. The van der Waals surface area contributed by atoms with E-state index in [0.29, 0.717) is 6.42 Å². The Kier molecular flexibility index (Phi) is 2.62. The van der Waals surface area contributed by atoms with Gasteiger partial charge in [0.25, 0.3) is 0 Å². The SMILES string of the molecule is CC(C(=O)NN)c1ccc2c(c1)CC(=O)N2. The Morgan fingerprint density at radius 1 is 1.56 bits per heavy atom. The highest BCUT2D eigenvalue weighted by molar-refractivity contribution is 5.99. The molecule has 0 radical (unpaired) electrons. The van der Waals surface area contributed by atoms with Crippen LogP contribution in [0.25, 0.3) is 0 Å². The monoisotopic (exact) mass is 219 g/mol. The van der Waals surface area contributed by atoms with E-state index in [-0.39, 0.29) is 17.7 Å². The highest BCUT2D eigenvalue weighted by Crippen LogP contribution is 2.27. The summed E-state index contributed by atoms with van der Waals surface area (Å²) in [7, 11) is 0. The van der Waals surface area contributed by atoms with Gasteiger partial charge in [0, 0.05) is 5.69 Å². The van der Waals surface area contributed by atoms with Gasteiger partial charge in [-0.1, -0.05) is 12.1 Å². The van der Waals surface area contributed by atoms with Gasteiger partial charge >= 0.3 is 0 Å². The first-order valence-corrected chi connectivity index (χ1v) is 5.05. The van der Waals surface area contributed by atoms with Crippen LogP contribution in [-0.2, 0) is 16.0 Å². The molecular formula is C11H13N3O2. The predicted molar refractivity (Wildman–Crippen MR) is 59.5 cm³/mol. The van der Waals surface area contributed by atoms with Crippen LogP contribution in [0.4, 0.5) is 5.69 Å². The van der Waals surface area contributed by atoms with Gasteiger partial charge in [0.1, 0.15) is 0 Å². The number of fused-ring (bicyclic) bond motifs is 1. The fraction of sp³-hybridized carbons (Fsp3) is 0.273. The number of rotatable bonds is 2. The zero-order valence-electron chi connectivity index (χ0n) is 8.91. The molecule has 2 rings (SSSR count). The number of hydrazine groups is 1. The maximum absolute atomic E-state index is 11.4. The van der Waals surface area contributed by atoms with Crippen LogP contribution >= 0.6 is 0 Å². The van der Waals surface area contributed by atoms with Crippen molar-refractivity contribution in [2.45, 2.75) is 19.3 Å². The van der Waals surface area contributed by atoms with Gasteiger partial charge in [-0.3, -0.25) is 15.0 Å². The van der Waals surface area contributed by atoms with E-state index < -0.39 is 0 Å². The standard InChI is InChI=1S/C11H13N3O2/c1-6(11(16)14-12)7-2-3-9-8(4-7)5-10(15)13-9/h2-4,6H,5,12H2,1H3,(H,13,15)(H,14,16). The van der Waals surface area contributed by atoms with Crippen LogP contribution in [0.2, 0.25) is 0 Å². The average molecular weight is 219 g/mol. The Labute approximate surface area is 93.0 Å². The van der Waals surface area contributed by atoms with Crippen molar-refractivity contribution in [2.24, 2.45) is 5.84 Å². The van der Waals surface area contributed by atoms with Gasteiger partial charge in [0.15, 0.2) is 0 Å². The molecule has 2 amide bonds. The molecule has 0 saturated carbocycles. The van der Waals surface area contributed by atoms with Crippen LogP contribution in [0, 0.1) is 0 Å². The summed E-state index contributed by atoms with van der Waals surface area (Å²) in [4.78, 5) is 22.5. The molecule has 0 fully saturated rings. The molecule has 1 aromatic carbocycles. The molecule has 16 heavy (non-hydrogen) atoms. The minimum absolute atomic E-state index is 0.0110. The van der Waals surface area contributed by atoms with Crippen LogP contribution in [0.1, 0.15) is 24.0 Å². The molecule has 1 aliphatic rings. The van der Waals surface area contributed by atoms with Crippen molar-refractivity contribution in [3.05, 3.63) is 29.3 Å². The lowest BCUT2D eigenvalue weighted by atomic mass is 9.97. The summed E-state index contributed by atoms with van der Waals surface area (Å²) in [6.07, 6.45) is 0.375. The summed E-state index contributed by atoms with van der Waals surface area (Å²) < 4.78 is 0. The number of carbonyl (C=O) groups is 2. The van der Waals surface area contributed by atoms with Gasteiger partial charge in [-0.15, -0.1) is 0 Å². The molecule has 84 valence electrons. The largest absolute Gasteiger partial charge is 0.326 e. The molecule has 0 saturated heterocycles. The summed E-state index contributed by atoms with van der Waals surface area (Å²) >= 11 is 0. The van der Waals surface area contributed by atoms with E-state index in [1.165, 1.54) is 0 Å². The number of nitrogens with two attached hydrogens (primary N) is 1. The number of carbonyl (C=O) groups excluding carboxylic acids is 2. The summed E-state index contributed by atoms with van der Waals surface area (Å²) in [5.74, 6) is 4.52. The molecule has 1 aromatic rings. The van der Waals surface area contributed by atoms with E-state index in [1.807, 2.05) is 18.2 Å². The van der Waals surface area contributed by atoms with Gasteiger partial charge in [0.2, 0.25) is 11.8 Å². The molecule has 1 unspecified atom stereocenters. The van der Waals surface area contributed by atoms with Crippen LogP contribution in [0.3, 0.4) is 0 Å². The Bertz CT molecular complexity index is 457. The quantitative estimate of drug-likeness (QED) is 0.379. The van der Waals surface area contributed by atoms with Crippen molar-refractivity contribution in [1.29, 1.82) is 0 Å². The second-order valence-electron chi connectivity index (χ2n) is 3.87. The smallest absolute Gasteiger partial charge is 0.241 e. The lowest BCUT2D eigenvalue weighted by Crippen LogP contribution is -2.33. The van der Waals surface area contributed by atoms with Crippen molar-refractivity contribution >= 4 is 17.5 Å². The van der Waals surface area contributed by atoms with Gasteiger partial charge < -0.3 is 5.32 Å². The highest BCUT2D eigenvalue weighted by Gasteiger charge is 2.20. The summed E-state index contributed by atoms with van der Waals surface area (Å²) in [5.41, 5.74) is 4.74. The van der Waals surface area contributed by atoms with Crippen LogP contribution in [-0.4, -0.2) is 11.8 Å². The number of anilines is 1. The van der Waals surface area contributed by atoms with E-state index in [1.54, 1.807) is 6.92 Å². The third kappa shape index (κ3) is 1.77. The van der Waals surface area contributed by atoms with E-state index in [4.69, 9.17) is 5.84 Å². The van der Waals surface area contributed by atoms with E-state index in [9.17, 15) is 9.59 Å². The van der Waals surface area contributed by atoms with Crippen LogP contribution < -0.4 is 16.6 Å². The van der Waals surface area contributed by atoms with Crippen molar-refractivity contribution in [3.8, 4) is 0 Å². The number of amides is 2. The van der Waals surface area contributed by atoms with E-state index in [0.717, 1.165) is 16.8 Å². The molecular weight excluding hydrogens is 206 g/mol.